The number of aryl methyl sites for hydroxylation is 1. The van der Waals surface area contributed by atoms with E-state index < -0.39 is 5.38 Å². The zero-order valence-electron chi connectivity index (χ0n) is 8.04. The second-order valence-electron chi connectivity index (χ2n) is 3.10. The Bertz CT molecular complexity index is 350. The van der Waals surface area contributed by atoms with Crippen molar-refractivity contribution in [3.05, 3.63) is 23.8 Å². The summed E-state index contributed by atoms with van der Waals surface area (Å²) in [5, 5.41) is 11.2. The number of benzene rings is 1. The molecule has 14 heavy (non-hydrogen) atoms. The molecule has 1 atom stereocenters. The van der Waals surface area contributed by atoms with Crippen LogP contribution in [-0.2, 0) is 4.79 Å². The zero-order chi connectivity index (χ0) is 10.7. The first kappa shape index (κ1) is 10.9. The van der Waals surface area contributed by atoms with E-state index in [1.807, 2.05) is 0 Å². The summed E-state index contributed by atoms with van der Waals surface area (Å²) in [4.78, 5) is 11.2. The summed E-state index contributed by atoms with van der Waals surface area (Å²) >= 11 is 5.60. The van der Waals surface area contributed by atoms with Gasteiger partial charge in [0.05, 0.1) is 0 Å². The molecule has 0 radical (unpaired) electrons. The summed E-state index contributed by atoms with van der Waals surface area (Å²) in [5.74, 6) is -0.0696. The maximum atomic E-state index is 11.2. The van der Waals surface area contributed by atoms with E-state index in [1.165, 1.54) is 6.07 Å². The van der Waals surface area contributed by atoms with Crippen LogP contribution in [0.1, 0.15) is 12.5 Å². The van der Waals surface area contributed by atoms with Gasteiger partial charge >= 0.3 is 0 Å². The number of hydrogen-bond acceptors (Lipinski definition) is 2. The third-order valence-corrected chi connectivity index (χ3v) is 2.03. The molecule has 0 aliphatic carbocycles. The summed E-state index contributed by atoms with van der Waals surface area (Å²) in [6, 6.07) is 4.73. The predicted molar refractivity (Wildman–Crippen MR) is 56.8 cm³/mol. The van der Waals surface area contributed by atoms with E-state index in [0.717, 1.165) is 5.56 Å². The van der Waals surface area contributed by atoms with Crippen LogP contribution in [0.5, 0.6) is 5.75 Å². The van der Waals surface area contributed by atoms with Crippen LogP contribution in [0, 0.1) is 6.92 Å². The van der Waals surface area contributed by atoms with Crippen LogP contribution in [0.4, 0.5) is 5.69 Å². The SMILES string of the molecule is Cc1cc(O)ccc1NC(=O)C(C)Cl. The topological polar surface area (TPSA) is 49.3 Å². The molecule has 1 aromatic carbocycles. The quantitative estimate of drug-likeness (QED) is 0.585. The molecule has 3 nitrogen and oxygen atoms in total. The highest BCUT2D eigenvalue weighted by Gasteiger charge is 2.10. The lowest BCUT2D eigenvalue weighted by atomic mass is 10.2. The molecule has 0 saturated heterocycles. The normalized spacial score (nSPS) is 12.2. The molecule has 0 spiro atoms. The van der Waals surface area contributed by atoms with Gasteiger partial charge in [-0.05, 0) is 37.6 Å². The van der Waals surface area contributed by atoms with Crippen molar-refractivity contribution in [2.45, 2.75) is 19.2 Å². The standard InChI is InChI=1S/C10H12ClNO2/c1-6-5-8(13)3-4-9(6)12-10(14)7(2)11/h3-5,7,13H,1-2H3,(H,12,14). The fourth-order valence-corrected chi connectivity index (χ4v) is 1.07. The molecule has 0 aliphatic rings. The van der Waals surface area contributed by atoms with Gasteiger partial charge in [-0.1, -0.05) is 0 Å². The Morgan fingerprint density at radius 1 is 1.57 bits per heavy atom. The first-order chi connectivity index (χ1) is 6.50. The van der Waals surface area contributed by atoms with Gasteiger partial charge in [-0.3, -0.25) is 4.79 Å². The number of alkyl halides is 1. The highest BCUT2D eigenvalue weighted by molar-refractivity contribution is 6.32. The smallest absolute Gasteiger partial charge is 0.242 e. The molecule has 0 aromatic heterocycles. The second kappa shape index (κ2) is 4.33. The number of nitrogens with one attached hydrogen (secondary N) is 1. The molecule has 1 unspecified atom stereocenters. The summed E-state index contributed by atoms with van der Waals surface area (Å²) in [5.41, 5.74) is 1.47. The first-order valence-electron chi connectivity index (χ1n) is 4.25. The number of rotatable bonds is 2. The molecule has 1 rings (SSSR count). The van der Waals surface area contributed by atoms with Crippen LogP contribution in [0.25, 0.3) is 0 Å². The number of carbonyl (C=O) groups is 1. The Morgan fingerprint density at radius 3 is 2.71 bits per heavy atom. The van der Waals surface area contributed by atoms with E-state index in [1.54, 1.807) is 26.0 Å². The minimum atomic E-state index is -0.566. The van der Waals surface area contributed by atoms with E-state index in [2.05, 4.69) is 5.32 Å². The Labute approximate surface area is 87.7 Å². The maximum Gasteiger partial charge on any atom is 0.242 e. The van der Waals surface area contributed by atoms with Crippen LogP contribution in [0.3, 0.4) is 0 Å². The third kappa shape index (κ3) is 2.64. The number of anilines is 1. The summed E-state index contributed by atoms with van der Waals surface area (Å²) in [6.07, 6.45) is 0. The van der Waals surface area contributed by atoms with Crippen molar-refractivity contribution < 1.29 is 9.90 Å². The molecule has 0 fully saturated rings. The van der Waals surface area contributed by atoms with Gasteiger partial charge in [0.2, 0.25) is 5.91 Å². The zero-order valence-corrected chi connectivity index (χ0v) is 8.80. The molecule has 1 amide bonds. The fraction of sp³-hybridized carbons (Fsp3) is 0.300. The van der Waals surface area contributed by atoms with Crippen molar-refractivity contribution >= 4 is 23.2 Å². The number of aromatic hydroxyl groups is 1. The minimum absolute atomic E-state index is 0.180. The van der Waals surface area contributed by atoms with Crippen LogP contribution in [0.15, 0.2) is 18.2 Å². The Morgan fingerprint density at radius 2 is 2.21 bits per heavy atom. The van der Waals surface area contributed by atoms with E-state index >= 15 is 0 Å². The highest BCUT2D eigenvalue weighted by atomic mass is 35.5. The molecule has 2 N–H and O–H groups in total. The average molecular weight is 214 g/mol. The number of phenols is 1. The van der Waals surface area contributed by atoms with Crippen LogP contribution in [0.2, 0.25) is 0 Å². The molecular weight excluding hydrogens is 202 g/mol. The second-order valence-corrected chi connectivity index (χ2v) is 3.76. The minimum Gasteiger partial charge on any atom is -0.508 e. The average Bonchev–Trinajstić information content (AvgIpc) is 2.09. The summed E-state index contributed by atoms with van der Waals surface area (Å²) in [6.45, 7) is 3.40. The Kier molecular flexibility index (Phi) is 3.36. The van der Waals surface area contributed by atoms with Crippen molar-refractivity contribution in [1.82, 2.24) is 0 Å². The molecule has 0 aliphatic heterocycles. The van der Waals surface area contributed by atoms with Crippen molar-refractivity contribution in [3.8, 4) is 5.75 Å². The van der Waals surface area contributed by atoms with E-state index in [-0.39, 0.29) is 11.7 Å². The molecule has 0 bridgehead atoms. The summed E-state index contributed by atoms with van der Waals surface area (Å²) < 4.78 is 0. The van der Waals surface area contributed by atoms with Crippen molar-refractivity contribution in [3.63, 3.8) is 0 Å². The van der Waals surface area contributed by atoms with E-state index in [0.29, 0.717) is 5.69 Å². The van der Waals surface area contributed by atoms with E-state index in [4.69, 9.17) is 16.7 Å². The van der Waals surface area contributed by atoms with Gasteiger partial charge in [0.15, 0.2) is 0 Å². The lowest BCUT2D eigenvalue weighted by Gasteiger charge is -2.09. The van der Waals surface area contributed by atoms with Crippen molar-refractivity contribution in [2.24, 2.45) is 0 Å². The molecule has 0 heterocycles. The van der Waals surface area contributed by atoms with Crippen LogP contribution >= 0.6 is 11.6 Å². The molecule has 0 saturated carbocycles. The number of amides is 1. The van der Waals surface area contributed by atoms with Gasteiger partial charge in [-0.2, -0.15) is 0 Å². The monoisotopic (exact) mass is 213 g/mol. The largest absolute Gasteiger partial charge is 0.508 e. The van der Waals surface area contributed by atoms with Gasteiger partial charge in [-0.25, -0.2) is 0 Å². The Hall–Kier alpha value is -1.22. The lowest BCUT2D eigenvalue weighted by Crippen LogP contribution is -2.20. The van der Waals surface area contributed by atoms with E-state index in [9.17, 15) is 4.79 Å². The first-order valence-corrected chi connectivity index (χ1v) is 4.69. The molecule has 76 valence electrons. The van der Waals surface area contributed by atoms with Crippen LogP contribution in [-0.4, -0.2) is 16.4 Å². The number of hydrogen-bond donors (Lipinski definition) is 2. The maximum absolute atomic E-state index is 11.2. The summed E-state index contributed by atoms with van der Waals surface area (Å²) in [7, 11) is 0. The van der Waals surface area contributed by atoms with Gasteiger partial charge in [-0.15, -0.1) is 11.6 Å². The molecule has 4 heteroatoms. The number of phenolic OH excluding ortho intramolecular Hbond substituents is 1. The van der Waals surface area contributed by atoms with Crippen molar-refractivity contribution in [2.75, 3.05) is 5.32 Å². The van der Waals surface area contributed by atoms with Crippen molar-refractivity contribution in [1.29, 1.82) is 0 Å². The third-order valence-electron chi connectivity index (χ3n) is 1.83. The number of carbonyl (C=O) groups excluding carboxylic acids is 1. The fourth-order valence-electron chi connectivity index (χ4n) is 1.02. The molecular formula is C10H12ClNO2. The van der Waals surface area contributed by atoms with Gasteiger partial charge in [0, 0.05) is 5.69 Å². The number of halogens is 1. The predicted octanol–water partition coefficient (Wildman–Crippen LogP) is 2.27. The van der Waals surface area contributed by atoms with Crippen LogP contribution < -0.4 is 5.32 Å². The van der Waals surface area contributed by atoms with Gasteiger partial charge in [0.1, 0.15) is 11.1 Å². The Balaban J connectivity index is 2.82. The van der Waals surface area contributed by atoms with Gasteiger partial charge < -0.3 is 10.4 Å². The molecule has 1 aromatic rings. The highest BCUT2D eigenvalue weighted by Crippen LogP contribution is 2.20. The lowest BCUT2D eigenvalue weighted by molar-refractivity contribution is -0.115. The van der Waals surface area contributed by atoms with Gasteiger partial charge in [0.25, 0.3) is 0 Å².